The molecule has 5 nitrogen and oxygen atoms in total. The van der Waals surface area contributed by atoms with Crippen LogP contribution in [0, 0.1) is 11.8 Å². The fourth-order valence-electron chi connectivity index (χ4n) is 4.25. The van der Waals surface area contributed by atoms with Gasteiger partial charge in [0, 0.05) is 12.1 Å². The lowest BCUT2D eigenvalue weighted by Gasteiger charge is -2.45. The van der Waals surface area contributed by atoms with Crippen molar-refractivity contribution in [2.75, 3.05) is 13.2 Å². The molecular formula is C20H30N2O3. The summed E-state index contributed by atoms with van der Waals surface area (Å²) in [6, 6.07) is 7.99. The van der Waals surface area contributed by atoms with Crippen LogP contribution in [0.4, 0.5) is 0 Å². The van der Waals surface area contributed by atoms with Gasteiger partial charge in [-0.2, -0.15) is 0 Å². The molecule has 0 heterocycles. The van der Waals surface area contributed by atoms with Crippen molar-refractivity contribution in [2.45, 2.75) is 57.5 Å². The van der Waals surface area contributed by atoms with Gasteiger partial charge in [-0.15, -0.1) is 0 Å². The van der Waals surface area contributed by atoms with Crippen LogP contribution in [0.2, 0.25) is 0 Å². The second kappa shape index (κ2) is 8.56. The lowest BCUT2D eigenvalue weighted by Crippen LogP contribution is -2.54. The Kier molecular flexibility index (Phi) is 6.19. The molecule has 0 aromatic heterocycles. The number of ether oxygens (including phenoxy) is 2. The number of rotatable bonds is 7. The molecule has 25 heavy (non-hydrogen) atoms. The summed E-state index contributed by atoms with van der Waals surface area (Å²) < 4.78 is 11.2. The van der Waals surface area contributed by atoms with Crippen molar-refractivity contribution in [3.8, 4) is 11.5 Å². The lowest BCUT2D eigenvalue weighted by molar-refractivity contribution is -0.125. The van der Waals surface area contributed by atoms with Crippen molar-refractivity contribution in [1.29, 1.82) is 0 Å². The Hall–Kier alpha value is -1.75. The highest BCUT2D eigenvalue weighted by Gasteiger charge is 2.39. The van der Waals surface area contributed by atoms with Gasteiger partial charge in [0.05, 0.1) is 6.61 Å². The fourth-order valence-corrected chi connectivity index (χ4v) is 4.25. The molecule has 2 aliphatic carbocycles. The maximum Gasteiger partial charge on any atom is 0.258 e. The van der Waals surface area contributed by atoms with E-state index in [0.717, 1.165) is 25.0 Å². The van der Waals surface area contributed by atoms with Crippen molar-refractivity contribution in [2.24, 2.45) is 17.6 Å². The van der Waals surface area contributed by atoms with Gasteiger partial charge < -0.3 is 20.5 Å². The Morgan fingerprint density at radius 2 is 1.72 bits per heavy atom. The fraction of sp³-hybridized carbons (Fsp3) is 0.650. The van der Waals surface area contributed by atoms with E-state index in [1.807, 2.05) is 24.3 Å². The first-order valence-corrected chi connectivity index (χ1v) is 9.56. The summed E-state index contributed by atoms with van der Waals surface area (Å²) in [7, 11) is 0. The van der Waals surface area contributed by atoms with Gasteiger partial charge in [0.15, 0.2) is 6.61 Å². The molecule has 2 atom stereocenters. The molecule has 138 valence electrons. The summed E-state index contributed by atoms with van der Waals surface area (Å²) in [6.45, 7) is 2.83. The molecule has 2 saturated carbocycles. The van der Waals surface area contributed by atoms with Crippen LogP contribution in [0.25, 0.3) is 0 Å². The van der Waals surface area contributed by atoms with E-state index in [-0.39, 0.29) is 18.6 Å². The van der Waals surface area contributed by atoms with Gasteiger partial charge in [0.2, 0.25) is 0 Å². The standard InChI is InChI=1S/C20H30N2O3/c1-2-10-24-17-6-8-18(9-7-17)25-13-19(23)22-20-14-4-3-5-15(20)12-16(21)11-14/h6-9,14-16,20H,2-5,10-13,21H2,1H3,(H,22,23). The van der Waals surface area contributed by atoms with Crippen LogP contribution < -0.4 is 20.5 Å². The second-order valence-electron chi connectivity index (χ2n) is 7.38. The van der Waals surface area contributed by atoms with Crippen LogP contribution in [0.15, 0.2) is 24.3 Å². The van der Waals surface area contributed by atoms with Crippen molar-refractivity contribution in [3.63, 3.8) is 0 Å². The molecule has 3 rings (SSSR count). The molecule has 1 amide bonds. The number of amides is 1. The molecule has 3 N–H and O–H groups in total. The number of fused-ring (bicyclic) bond motifs is 2. The van der Waals surface area contributed by atoms with E-state index in [2.05, 4.69) is 12.2 Å². The number of carbonyl (C=O) groups is 1. The molecule has 2 unspecified atom stereocenters. The Labute approximate surface area is 150 Å². The van der Waals surface area contributed by atoms with Crippen LogP contribution in [0.5, 0.6) is 11.5 Å². The predicted molar refractivity (Wildman–Crippen MR) is 97.7 cm³/mol. The average Bonchev–Trinajstić information content (AvgIpc) is 2.60. The summed E-state index contributed by atoms with van der Waals surface area (Å²) in [5.41, 5.74) is 6.15. The van der Waals surface area contributed by atoms with Gasteiger partial charge in [0.25, 0.3) is 5.91 Å². The normalized spacial score (nSPS) is 28.2. The first-order valence-electron chi connectivity index (χ1n) is 9.56. The SMILES string of the molecule is CCCOc1ccc(OCC(=O)NC2C3CCCC2CC(N)C3)cc1. The quantitative estimate of drug-likeness (QED) is 0.796. The summed E-state index contributed by atoms with van der Waals surface area (Å²) in [4.78, 5) is 12.3. The predicted octanol–water partition coefficient (Wildman–Crippen LogP) is 2.88. The van der Waals surface area contributed by atoms with Gasteiger partial charge >= 0.3 is 0 Å². The molecule has 2 aliphatic rings. The van der Waals surface area contributed by atoms with E-state index in [1.54, 1.807) is 0 Å². The molecular weight excluding hydrogens is 316 g/mol. The Morgan fingerprint density at radius 3 is 2.32 bits per heavy atom. The highest BCUT2D eigenvalue weighted by atomic mass is 16.5. The molecule has 1 aromatic carbocycles. The number of benzene rings is 1. The minimum atomic E-state index is -0.0383. The maximum absolute atomic E-state index is 12.3. The van der Waals surface area contributed by atoms with Crippen LogP contribution >= 0.6 is 0 Å². The van der Waals surface area contributed by atoms with E-state index >= 15 is 0 Å². The summed E-state index contributed by atoms with van der Waals surface area (Å²) in [5, 5.41) is 3.21. The van der Waals surface area contributed by atoms with Crippen LogP contribution in [0.1, 0.15) is 45.4 Å². The molecule has 0 radical (unpaired) electrons. The number of nitrogens with one attached hydrogen (secondary N) is 1. The highest BCUT2D eigenvalue weighted by Crippen LogP contribution is 2.39. The van der Waals surface area contributed by atoms with Crippen LogP contribution in [-0.4, -0.2) is 31.2 Å². The third-order valence-electron chi connectivity index (χ3n) is 5.37. The third kappa shape index (κ3) is 4.88. The van der Waals surface area contributed by atoms with E-state index in [4.69, 9.17) is 15.2 Å². The van der Waals surface area contributed by atoms with Crippen molar-refractivity contribution >= 4 is 5.91 Å². The summed E-state index contributed by atoms with van der Waals surface area (Å²) in [5.74, 6) is 2.53. The summed E-state index contributed by atoms with van der Waals surface area (Å²) >= 11 is 0. The lowest BCUT2D eigenvalue weighted by atomic mass is 9.67. The van der Waals surface area contributed by atoms with E-state index < -0.39 is 0 Å². The molecule has 0 aliphatic heterocycles. The number of hydrogen-bond acceptors (Lipinski definition) is 4. The van der Waals surface area contributed by atoms with Crippen molar-refractivity contribution in [1.82, 2.24) is 5.32 Å². The molecule has 1 aromatic rings. The molecule has 2 fully saturated rings. The van der Waals surface area contributed by atoms with Gasteiger partial charge in [0.1, 0.15) is 11.5 Å². The van der Waals surface area contributed by atoms with Crippen molar-refractivity contribution in [3.05, 3.63) is 24.3 Å². The third-order valence-corrected chi connectivity index (χ3v) is 5.37. The maximum atomic E-state index is 12.3. The molecule has 0 saturated heterocycles. The largest absolute Gasteiger partial charge is 0.494 e. The Morgan fingerprint density at radius 1 is 1.12 bits per heavy atom. The van der Waals surface area contributed by atoms with Crippen LogP contribution in [-0.2, 0) is 4.79 Å². The van der Waals surface area contributed by atoms with Gasteiger partial charge in [-0.25, -0.2) is 0 Å². The van der Waals surface area contributed by atoms with E-state index in [1.165, 1.54) is 19.3 Å². The highest BCUT2D eigenvalue weighted by molar-refractivity contribution is 5.78. The second-order valence-corrected chi connectivity index (χ2v) is 7.38. The summed E-state index contributed by atoms with van der Waals surface area (Å²) in [6.07, 6.45) is 6.65. The zero-order valence-electron chi connectivity index (χ0n) is 15.1. The van der Waals surface area contributed by atoms with Gasteiger partial charge in [-0.05, 0) is 68.2 Å². The monoisotopic (exact) mass is 346 g/mol. The number of carbonyl (C=O) groups excluding carboxylic acids is 1. The van der Waals surface area contributed by atoms with Crippen molar-refractivity contribution < 1.29 is 14.3 Å². The van der Waals surface area contributed by atoms with Gasteiger partial charge in [-0.1, -0.05) is 13.3 Å². The van der Waals surface area contributed by atoms with Gasteiger partial charge in [-0.3, -0.25) is 4.79 Å². The smallest absolute Gasteiger partial charge is 0.258 e. The number of hydrogen-bond donors (Lipinski definition) is 2. The topological polar surface area (TPSA) is 73.6 Å². The van der Waals surface area contributed by atoms with Crippen LogP contribution in [0.3, 0.4) is 0 Å². The molecule has 2 bridgehead atoms. The zero-order valence-corrected chi connectivity index (χ0v) is 15.1. The Balaban J connectivity index is 1.46. The van der Waals surface area contributed by atoms with E-state index in [0.29, 0.717) is 30.2 Å². The van der Waals surface area contributed by atoms with E-state index in [9.17, 15) is 4.79 Å². The Bertz CT molecular complexity index is 547. The average molecular weight is 346 g/mol. The molecule has 0 spiro atoms. The first kappa shape index (κ1) is 18.1. The zero-order chi connectivity index (χ0) is 17.6. The molecule has 5 heteroatoms. The number of nitrogens with two attached hydrogens (primary N) is 1. The minimum absolute atomic E-state index is 0.0383. The minimum Gasteiger partial charge on any atom is -0.494 e. The first-order chi connectivity index (χ1) is 12.2.